The lowest BCUT2D eigenvalue weighted by molar-refractivity contribution is 0.0527. The summed E-state index contributed by atoms with van der Waals surface area (Å²) in [5.41, 5.74) is 3.09. The number of nitrogens with zero attached hydrogens (tertiary/aromatic N) is 5. The fourth-order valence-corrected chi connectivity index (χ4v) is 4.26. The summed E-state index contributed by atoms with van der Waals surface area (Å²) in [7, 11) is 0. The van der Waals surface area contributed by atoms with Gasteiger partial charge in [-0.3, -0.25) is 9.69 Å². The maximum atomic E-state index is 13.3. The topological polar surface area (TPSA) is 78.9 Å². The highest BCUT2D eigenvalue weighted by Crippen LogP contribution is 2.38. The summed E-state index contributed by atoms with van der Waals surface area (Å²) in [6.07, 6.45) is -1.42. The van der Waals surface area contributed by atoms with Crippen LogP contribution in [0.15, 0.2) is 48.5 Å². The van der Waals surface area contributed by atoms with Gasteiger partial charge in [-0.15, -0.1) is 0 Å². The zero-order valence-corrected chi connectivity index (χ0v) is 18.4. The molecule has 2 amide bonds. The third kappa shape index (κ3) is 3.63. The van der Waals surface area contributed by atoms with E-state index < -0.39 is 12.3 Å². The number of benzene rings is 1. The van der Waals surface area contributed by atoms with E-state index in [0.717, 1.165) is 5.39 Å². The summed E-state index contributed by atoms with van der Waals surface area (Å²) < 4.78 is 5.87. The van der Waals surface area contributed by atoms with Crippen LogP contribution in [0.4, 0.5) is 10.6 Å². The van der Waals surface area contributed by atoms with Gasteiger partial charge < -0.3 is 14.5 Å². The minimum atomic E-state index is -0.932. The molecule has 32 heavy (non-hydrogen) atoms. The lowest BCUT2D eigenvalue weighted by Gasteiger charge is -2.34. The molecule has 0 aliphatic carbocycles. The number of hydrogen-bond acceptors (Lipinski definition) is 6. The largest absolute Gasteiger partial charge is 0.420 e. The molecule has 1 aromatic carbocycles. The van der Waals surface area contributed by atoms with Crippen LogP contribution in [-0.2, 0) is 4.74 Å². The molecule has 162 valence electrons. The van der Waals surface area contributed by atoms with Crippen LogP contribution in [0.5, 0.6) is 0 Å². The monoisotopic (exact) mass is 467 g/mol. The Morgan fingerprint density at radius 2 is 1.81 bits per heavy atom. The molecule has 1 atom stereocenters. The first-order valence-electron chi connectivity index (χ1n) is 10.1. The molecule has 3 aromatic rings. The van der Waals surface area contributed by atoms with E-state index in [4.69, 9.17) is 28.6 Å². The fourth-order valence-electron chi connectivity index (χ4n) is 3.90. The van der Waals surface area contributed by atoms with Crippen molar-refractivity contribution in [1.82, 2.24) is 19.8 Å². The van der Waals surface area contributed by atoms with Crippen molar-refractivity contribution in [2.24, 2.45) is 0 Å². The summed E-state index contributed by atoms with van der Waals surface area (Å²) in [6, 6.07) is 14.1. The van der Waals surface area contributed by atoms with Crippen molar-refractivity contribution in [1.29, 1.82) is 0 Å². The molecule has 2 aliphatic rings. The van der Waals surface area contributed by atoms with Crippen LogP contribution >= 0.6 is 23.8 Å². The van der Waals surface area contributed by atoms with Gasteiger partial charge in [0.15, 0.2) is 5.65 Å². The van der Waals surface area contributed by atoms with E-state index in [-0.39, 0.29) is 5.91 Å². The molecule has 0 spiro atoms. The predicted octanol–water partition coefficient (Wildman–Crippen LogP) is 3.65. The number of anilines is 1. The molecule has 1 unspecified atom stereocenters. The Balaban J connectivity index is 1.48. The van der Waals surface area contributed by atoms with E-state index in [2.05, 4.69) is 9.97 Å². The molecular weight excluding hydrogens is 450 g/mol. The quantitative estimate of drug-likeness (QED) is 0.429. The van der Waals surface area contributed by atoms with Gasteiger partial charge in [-0.1, -0.05) is 42.0 Å². The Labute approximate surface area is 194 Å². The molecule has 0 N–H and O–H groups in total. The molecule has 2 aromatic heterocycles. The first-order valence-corrected chi connectivity index (χ1v) is 10.9. The number of thiocarbonyl (C=S) groups is 1. The number of halogens is 1. The lowest BCUT2D eigenvalue weighted by atomic mass is 10.1. The average Bonchev–Trinajstić information content (AvgIpc) is 3.10. The number of pyridine rings is 2. The zero-order valence-electron chi connectivity index (χ0n) is 16.8. The van der Waals surface area contributed by atoms with Crippen LogP contribution in [-0.4, -0.2) is 63.4 Å². The minimum Gasteiger partial charge on any atom is -0.420 e. The molecule has 5 rings (SSSR count). The summed E-state index contributed by atoms with van der Waals surface area (Å²) in [6.45, 7) is 2.26. The molecule has 0 radical (unpaired) electrons. The van der Waals surface area contributed by atoms with Gasteiger partial charge in [-0.25, -0.2) is 14.8 Å². The molecule has 0 bridgehead atoms. The SMILES string of the molecule is O=C(OC1c2ccccc2C(=O)N1c1ccc2ccc(Cl)nc2n1)N1CCN(C=S)CC1. The van der Waals surface area contributed by atoms with Crippen molar-refractivity contribution < 1.29 is 14.3 Å². The number of rotatable bonds is 3. The molecule has 1 saturated heterocycles. The van der Waals surface area contributed by atoms with Crippen molar-refractivity contribution in [2.45, 2.75) is 6.23 Å². The summed E-state index contributed by atoms with van der Waals surface area (Å²) >= 11 is 11.0. The lowest BCUT2D eigenvalue weighted by Crippen LogP contribution is -2.48. The van der Waals surface area contributed by atoms with Crippen LogP contribution in [0.2, 0.25) is 5.15 Å². The van der Waals surface area contributed by atoms with Crippen LogP contribution in [0, 0.1) is 0 Å². The second-order valence-corrected chi connectivity index (χ2v) is 8.08. The highest BCUT2D eigenvalue weighted by atomic mass is 35.5. The smallest absolute Gasteiger partial charge is 0.412 e. The first-order chi connectivity index (χ1) is 15.5. The average molecular weight is 468 g/mol. The molecule has 10 heteroatoms. The van der Waals surface area contributed by atoms with Crippen molar-refractivity contribution in [3.8, 4) is 0 Å². The van der Waals surface area contributed by atoms with Gasteiger partial charge in [0.25, 0.3) is 5.91 Å². The Morgan fingerprint density at radius 3 is 2.59 bits per heavy atom. The van der Waals surface area contributed by atoms with Gasteiger partial charge in [0.05, 0.1) is 5.49 Å². The van der Waals surface area contributed by atoms with E-state index in [0.29, 0.717) is 53.9 Å². The van der Waals surface area contributed by atoms with Crippen molar-refractivity contribution in [2.75, 3.05) is 31.1 Å². The highest BCUT2D eigenvalue weighted by Gasteiger charge is 2.41. The van der Waals surface area contributed by atoms with Crippen LogP contribution in [0.25, 0.3) is 11.0 Å². The van der Waals surface area contributed by atoms with E-state index in [1.54, 1.807) is 52.9 Å². The number of aromatic nitrogens is 2. The van der Waals surface area contributed by atoms with E-state index >= 15 is 0 Å². The molecule has 0 saturated carbocycles. The van der Waals surface area contributed by atoms with Gasteiger partial charge in [0.2, 0.25) is 6.23 Å². The standard InChI is InChI=1S/C22H18ClN5O3S/c23-17-7-5-14-6-8-18(25-19(14)24-17)28-20(29)15-3-1-2-4-16(15)21(28)31-22(30)27-11-9-26(13-32)10-12-27/h1-8,13,21H,9-12H2. The van der Waals surface area contributed by atoms with E-state index in [9.17, 15) is 9.59 Å². The fraction of sp³-hybridized carbons (Fsp3) is 0.227. The van der Waals surface area contributed by atoms with Crippen molar-refractivity contribution in [3.05, 3.63) is 64.8 Å². The minimum absolute atomic E-state index is 0.294. The van der Waals surface area contributed by atoms with Crippen LogP contribution in [0.1, 0.15) is 22.1 Å². The summed E-state index contributed by atoms with van der Waals surface area (Å²) in [5.74, 6) is 0.0367. The van der Waals surface area contributed by atoms with Gasteiger partial charge in [0, 0.05) is 42.7 Å². The number of piperazine rings is 1. The zero-order chi connectivity index (χ0) is 22.2. The Hall–Kier alpha value is -3.30. The van der Waals surface area contributed by atoms with Gasteiger partial charge in [0.1, 0.15) is 11.0 Å². The highest BCUT2D eigenvalue weighted by molar-refractivity contribution is 7.78. The number of carbonyl (C=O) groups is 2. The van der Waals surface area contributed by atoms with Gasteiger partial charge >= 0.3 is 6.09 Å². The molecule has 2 aliphatic heterocycles. The van der Waals surface area contributed by atoms with Crippen LogP contribution in [0.3, 0.4) is 0 Å². The number of ether oxygens (including phenoxy) is 1. The summed E-state index contributed by atoms with van der Waals surface area (Å²) in [4.78, 5) is 40.0. The second-order valence-electron chi connectivity index (χ2n) is 7.48. The molecular formula is C22H18ClN5O3S. The second kappa shape index (κ2) is 8.33. The normalized spacial score (nSPS) is 18.1. The van der Waals surface area contributed by atoms with Crippen LogP contribution < -0.4 is 4.90 Å². The number of hydrogen-bond donors (Lipinski definition) is 0. The summed E-state index contributed by atoms with van der Waals surface area (Å²) in [5, 5.41) is 1.09. The Bertz CT molecular complexity index is 1230. The number of amides is 2. The number of fused-ring (bicyclic) bond motifs is 2. The maximum absolute atomic E-state index is 13.3. The third-order valence-electron chi connectivity index (χ3n) is 5.60. The predicted molar refractivity (Wildman–Crippen MR) is 124 cm³/mol. The molecule has 8 nitrogen and oxygen atoms in total. The Kier molecular flexibility index (Phi) is 5.36. The van der Waals surface area contributed by atoms with E-state index in [1.807, 2.05) is 11.0 Å². The number of carbonyl (C=O) groups excluding carboxylic acids is 2. The third-order valence-corrected chi connectivity index (χ3v) is 6.10. The Morgan fingerprint density at radius 1 is 1.06 bits per heavy atom. The van der Waals surface area contributed by atoms with Crippen molar-refractivity contribution >= 4 is 58.2 Å². The van der Waals surface area contributed by atoms with E-state index in [1.165, 1.54) is 4.90 Å². The van der Waals surface area contributed by atoms with Crippen molar-refractivity contribution in [3.63, 3.8) is 0 Å². The van der Waals surface area contributed by atoms with Gasteiger partial charge in [-0.2, -0.15) is 0 Å². The molecule has 4 heterocycles. The van der Waals surface area contributed by atoms with Gasteiger partial charge in [-0.05, 0) is 30.3 Å². The first kappa shape index (κ1) is 20.6. The maximum Gasteiger partial charge on any atom is 0.412 e. The molecule has 1 fully saturated rings.